The molecule has 22 heavy (non-hydrogen) atoms. The lowest BCUT2D eigenvalue weighted by Crippen LogP contribution is -2.24. The van der Waals surface area contributed by atoms with Crippen LogP contribution in [0, 0.1) is 11.6 Å². The quantitative estimate of drug-likeness (QED) is 0.658. The number of urea groups is 1. The number of ether oxygens (including phenoxy) is 1. The number of hydrogen-bond donors (Lipinski definition) is 2. The Bertz CT molecular complexity index is 688. The van der Waals surface area contributed by atoms with Crippen LogP contribution in [0.2, 0.25) is 0 Å². The number of nitrogens with two attached hydrogens (primary N) is 1. The first-order valence-electron chi connectivity index (χ1n) is 6.30. The van der Waals surface area contributed by atoms with Crippen LogP contribution in [0.4, 0.5) is 13.6 Å². The van der Waals surface area contributed by atoms with Crippen LogP contribution in [-0.2, 0) is 6.61 Å². The van der Waals surface area contributed by atoms with Crippen molar-refractivity contribution in [2.24, 2.45) is 10.8 Å². The average molecular weight is 305 g/mol. The molecule has 0 spiro atoms. The molecule has 0 atom stereocenters. The fourth-order valence-corrected chi connectivity index (χ4v) is 1.63. The first-order valence-corrected chi connectivity index (χ1v) is 6.30. The van der Waals surface area contributed by atoms with Gasteiger partial charge in [0.25, 0.3) is 0 Å². The molecule has 2 rings (SSSR count). The molecule has 0 radical (unpaired) electrons. The van der Waals surface area contributed by atoms with Gasteiger partial charge < -0.3 is 10.5 Å². The largest absolute Gasteiger partial charge is 0.486 e. The summed E-state index contributed by atoms with van der Waals surface area (Å²) in [5.74, 6) is -2.11. The van der Waals surface area contributed by atoms with Gasteiger partial charge >= 0.3 is 6.03 Å². The molecule has 5 nitrogen and oxygen atoms in total. The molecule has 2 aromatic rings. The summed E-state index contributed by atoms with van der Waals surface area (Å²) >= 11 is 0. The summed E-state index contributed by atoms with van der Waals surface area (Å²) in [6.45, 7) is 0.0946. The molecule has 3 N–H and O–H groups in total. The van der Waals surface area contributed by atoms with Crippen LogP contribution < -0.4 is 15.9 Å². The predicted octanol–water partition coefficient (Wildman–Crippen LogP) is 2.55. The number of carbonyl (C=O) groups excluding carboxylic acids is 1. The van der Waals surface area contributed by atoms with Crippen molar-refractivity contribution in [2.45, 2.75) is 6.61 Å². The normalized spacial score (nSPS) is 10.6. The van der Waals surface area contributed by atoms with E-state index in [4.69, 9.17) is 10.5 Å². The van der Waals surface area contributed by atoms with E-state index in [9.17, 15) is 13.6 Å². The summed E-state index contributed by atoms with van der Waals surface area (Å²) in [5, 5.41) is 3.61. The summed E-state index contributed by atoms with van der Waals surface area (Å²) in [7, 11) is 0. The summed E-state index contributed by atoms with van der Waals surface area (Å²) in [4.78, 5) is 10.4. The number of carbonyl (C=O) groups is 1. The predicted molar refractivity (Wildman–Crippen MR) is 77.4 cm³/mol. The van der Waals surface area contributed by atoms with Crippen LogP contribution >= 0.6 is 0 Å². The highest BCUT2D eigenvalue weighted by Gasteiger charge is 2.08. The minimum atomic E-state index is -1.01. The second-order valence-electron chi connectivity index (χ2n) is 4.32. The van der Waals surface area contributed by atoms with Gasteiger partial charge in [-0.2, -0.15) is 9.49 Å². The van der Waals surface area contributed by atoms with Crippen LogP contribution in [0.15, 0.2) is 47.6 Å². The monoisotopic (exact) mass is 305 g/mol. The third kappa shape index (κ3) is 4.27. The number of nitrogens with one attached hydrogen (secondary N) is 1. The zero-order valence-corrected chi connectivity index (χ0v) is 11.4. The zero-order chi connectivity index (χ0) is 15.9. The van der Waals surface area contributed by atoms with E-state index in [2.05, 4.69) is 10.5 Å². The van der Waals surface area contributed by atoms with Gasteiger partial charge in [-0.1, -0.05) is 30.3 Å². The Hall–Kier alpha value is -2.96. The average Bonchev–Trinajstić information content (AvgIpc) is 2.50. The van der Waals surface area contributed by atoms with Crippen molar-refractivity contribution in [2.75, 3.05) is 0 Å². The maximum atomic E-state index is 13.4. The van der Waals surface area contributed by atoms with E-state index in [1.54, 1.807) is 24.3 Å². The number of hydrazone groups is 1. The lowest BCUT2D eigenvalue weighted by Gasteiger charge is -2.07. The molecule has 0 aliphatic carbocycles. The van der Waals surface area contributed by atoms with Gasteiger partial charge in [0, 0.05) is 0 Å². The molecule has 0 heterocycles. The molecule has 7 heteroatoms. The van der Waals surface area contributed by atoms with E-state index >= 15 is 0 Å². The highest BCUT2D eigenvalue weighted by Crippen LogP contribution is 2.20. The molecule has 0 aliphatic rings. The van der Waals surface area contributed by atoms with E-state index in [0.717, 1.165) is 17.2 Å². The van der Waals surface area contributed by atoms with Gasteiger partial charge in [0.05, 0.1) is 6.21 Å². The van der Waals surface area contributed by atoms with Crippen molar-refractivity contribution in [3.8, 4) is 5.75 Å². The minimum Gasteiger partial charge on any atom is -0.486 e. The summed E-state index contributed by atoms with van der Waals surface area (Å²) in [5.41, 5.74) is 8.43. The number of nitrogens with zero attached hydrogens (tertiary/aromatic N) is 1. The second-order valence-corrected chi connectivity index (χ2v) is 4.32. The Morgan fingerprint density at radius 1 is 1.23 bits per heavy atom. The molecule has 0 fully saturated rings. The lowest BCUT2D eigenvalue weighted by molar-refractivity contribution is 0.249. The van der Waals surface area contributed by atoms with Crippen LogP contribution in [0.25, 0.3) is 0 Å². The maximum absolute atomic E-state index is 13.4. The van der Waals surface area contributed by atoms with E-state index in [-0.39, 0.29) is 12.4 Å². The van der Waals surface area contributed by atoms with E-state index in [0.29, 0.717) is 0 Å². The first-order chi connectivity index (χ1) is 10.6. The zero-order valence-electron chi connectivity index (χ0n) is 11.4. The highest BCUT2D eigenvalue weighted by molar-refractivity contribution is 5.81. The van der Waals surface area contributed by atoms with Gasteiger partial charge in [-0.05, 0) is 23.3 Å². The van der Waals surface area contributed by atoms with Gasteiger partial charge in [-0.15, -0.1) is 0 Å². The molecule has 0 saturated carbocycles. The Labute approximate surface area is 125 Å². The molecule has 114 valence electrons. The summed E-state index contributed by atoms with van der Waals surface area (Å²) < 4.78 is 31.7. The lowest BCUT2D eigenvalue weighted by atomic mass is 10.1. The number of benzene rings is 2. The molecular weight excluding hydrogens is 292 g/mol. The molecule has 0 aliphatic heterocycles. The fraction of sp³-hybridized carbons (Fsp3) is 0.0667. The number of primary amides is 1. The van der Waals surface area contributed by atoms with Crippen LogP contribution in [0.3, 0.4) is 0 Å². The molecule has 0 bridgehead atoms. The molecule has 2 amide bonds. The molecule has 0 unspecified atom stereocenters. The first kappa shape index (κ1) is 15.4. The standard InChI is InChI=1S/C15H13F2N3O2/c16-12-2-1-3-13(14(12)17)22-9-11-6-4-10(5-7-11)8-19-20-15(18)21/h1-8H,9H2,(H3,18,20,21). The van der Waals surface area contributed by atoms with Gasteiger partial charge in [0.1, 0.15) is 6.61 Å². The Morgan fingerprint density at radius 3 is 2.64 bits per heavy atom. The number of halogens is 2. The van der Waals surface area contributed by atoms with Crippen molar-refractivity contribution >= 4 is 12.2 Å². The Kier molecular flexibility index (Phi) is 5.02. The van der Waals surface area contributed by atoms with Crippen molar-refractivity contribution in [1.29, 1.82) is 0 Å². The molecular formula is C15H13F2N3O2. The third-order valence-corrected chi connectivity index (χ3v) is 2.68. The Morgan fingerprint density at radius 2 is 1.95 bits per heavy atom. The van der Waals surface area contributed by atoms with Crippen molar-refractivity contribution in [1.82, 2.24) is 5.43 Å². The van der Waals surface area contributed by atoms with E-state index in [1.165, 1.54) is 18.3 Å². The number of hydrogen-bond acceptors (Lipinski definition) is 3. The Balaban J connectivity index is 1.95. The van der Waals surface area contributed by atoms with Crippen molar-refractivity contribution in [3.05, 3.63) is 65.2 Å². The summed E-state index contributed by atoms with van der Waals surface area (Å²) in [6, 6.07) is 9.94. The molecule has 0 aromatic heterocycles. The van der Waals surface area contributed by atoms with Crippen molar-refractivity contribution in [3.63, 3.8) is 0 Å². The van der Waals surface area contributed by atoms with E-state index < -0.39 is 17.7 Å². The van der Waals surface area contributed by atoms with Gasteiger partial charge in [-0.25, -0.2) is 14.6 Å². The molecule has 0 saturated heterocycles. The van der Waals surface area contributed by atoms with Crippen LogP contribution in [-0.4, -0.2) is 12.2 Å². The number of amides is 2. The SMILES string of the molecule is NC(=O)NN=Cc1ccc(COc2cccc(F)c2F)cc1. The third-order valence-electron chi connectivity index (χ3n) is 2.68. The topological polar surface area (TPSA) is 76.7 Å². The van der Waals surface area contributed by atoms with Crippen LogP contribution in [0.5, 0.6) is 5.75 Å². The van der Waals surface area contributed by atoms with Gasteiger partial charge in [0.15, 0.2) is 11.6 Å². The van der Waals surface area contributed by atoms with Crippen LogP contribution in [0.1, 0.15) is 11.1 Å². The van der Waals surface area contributed by atoms with Gasteiger partial charge in [0.2, 0.25) is 5.82 Å². The van der Waals surface area contributed by atoms with Crippen molar-refractivity contribution < 1.29 is 18.3 Å². The summed E-state index contributed by atoms with van der Waals surface area (Å²) in [6.07, 6.45) is 1.42. The van der Waals surface area contributed by atoms with E-state index in [1.807, 2.05) is 0 Å². The second kappa shape index (κ2) is 7.16. The maximum Gasteiger partial charge on any atom is 0.332 e. The smallest absolute Gasteiger partial charge is 0.332 e. The fourth-order valence-electron chi connectivity index (χ4n) is 1.63. The number of rotatable bonds is 5. The minimum absolute atomic E-state index is 0.0946. The highest BCUT2D eigenvalue weighted by atomic mass is 19.2. The molecule has 2 aromatic carbocycles. The van der Waals surface area contributed by atoms with Gasteiger partial charge in [-0.3, -0.25) is 0 Å².